The zero-order valence-corrected chi connectivity index (χ0v) is 14.0. The highest BCUT2D eigenvalue weighted by Crippen LogP contribution is 2.35. The van der Waals surface area contributed by atoms with Gasteiger partial charge in [-0.3, -0.25) is 0 Å². The number of nitrogens with two attached hydrogens (primary N) is 4. The van der Waals surface area contributed by atoms with Gasteiger partial charge in [0, 0.05) is 11.8 Å². The van der Waals surface area contributed by atoms with E-state index in [1.165, 1.54) is 20.4 Å². The van der Waals surface area contributed by atoms with Crippen LogP contribution in [0.15, 0.2) is 24.4 Å². The van der Waals surface area contributed by atoms with Gasteiger partial charge in [0.05, 0.1) is 14.2 Å². The number of urea groups is 2. The van der Waals surface area contributed by atoms with Gasteiger partial charge in [0.15, 0.2) is 17.3 Å². The number of anilines is 2. The number of carbonyl (C=O) groups excluding carboxylic acids is 2. The molecule has 12 nitrogen and oxygen atoms in total. The first-order valence-corrected chi connectivity index (χ1v) is 7.08. The average Bonchev–Trinajstić information content (AvgIpc) is 2.65. The Kier molecular flexibility index (Phi) is 5.39. The number of hydrogen-bond donors (Lipinski definition) is 4. The molecule has 0 aliphatic carbocycles. The standard InChI is InChI=1S/C14H18N8O4/c1-25-9-4-3-7(5-10(9)26-2)8-6-19-14(22(18)13(16)24)20-11(8)21(17)12(15)23/h3-6H,17-18H2,1-2H3,(H2,15,23)(H2,16,24). The Morgan fingerprint density at radius 2 is 1.62 bits per heavy atom. The molecule has 26 heavy (non-hydrogen) atoms. The molecule has 8 N–H and O–H groups in total. The number of aromatic nitrogens is 2. The van der Waals surface area contributed by atoms with Crippen LogP contribution >= 0.6 is 0 Å². The predicted octanol–water partition coefficient (Wildman–Crippen LogP) is -0.322. The summed E-state index contributed by atoms with van der Waals surface area (Å²) in [5.41, 5.74) is 11.2. The fraction of sp³-hybridized carbons (Fsp3) is 0.143. The minimum absolute atomic E-state index is 0.0913. The molecular weight excluding hydrogens is 344 g/mol. The van der Waals surface area contributed by atoms with Crippen molar-refractivity contribution in [3.63, 3.8) is 0 Å². The number of hydrogen-bond acceptors (Lipinski definition) is 8. The SMILES string of the molecule is COc1ccc(-c2cnc(N(N)C(N)=O)nc2N(N)C(N)=O)cc1OC. The maximum Gasteiger partial charge on any atom is 0.336 e. The monoisotopic (exact) mass is 362 g/mol. The van der Waals surface area contributed by atoms with E-state index in [4.69, 9.17) is 32.6 Å². The van der Waals surface area contributed by atoms with Crippen LogP contribution in [-0.2, 0) is 0 Å². The van der Waals surface area contributed by atoms with Gasteiger partial charge in [-0.2, -0.15) is 9.99 Å². The number of amides is 4. The minimum atomic E-state index is -1.00. The van der Waals surface area contributed by atoms with E-state index in [-0.39, 0.29) is 11.8 Å². The van der Waals surface area contributed by atoms with Crippen molar-refractivity contribution in [1.82, 2.24) is 9.97 Å². The van der Waals surface area contributed by atoms with Crippen molar-refractivity contribution in [2.45, 2.75) is 0 Å². The van der Waals surface area contributed by atoms with E-state index in [9.17, 15) is 9.59 Å². The highest BCUT2D eigenvalue weighted by molar-refractivity contribution is 5.94. The van der Waals surface area contributed by atoms with Crippen LogP contribution in [-0.4, -0.2) is 36.2 Å². The average molecular weight is 362 g/mol. The second kappa shape index (κ2) is 7.50. The molecule has 2 rings (SSSR count). The molecule has 12 heteroatoms. The summed E-state index contributed by atoms with van der Waals surface area (Å²) in [5.74, 6) is 11.7. The number of ether oxygens (including phenoxy) is 2. The van der Waals surface area contributed by atoms with Crippen LogP contribution in [0.2, 0.25) is 0 Å². The van der Waals surface area contributed by atoms with E-state index >= 15 is 0 Å². The molecule has 0 unspecified atom stereocenters. The van der Waals surface area contributed by atoms with Crippen LogP contribution in [0.5, 0.6) is 11.5 Å². The third-order valence-electron chi connectivity index (χ3n) is 3.37. The molecule has 4 amide bonds. The van der Waals surface area contributed by atoms with E-state index in [0.717, 1.165) is 0 Å². The molecule has 0 aliphatic heterocycles. The molecule has 1 heterocycles. The lowest BCUT2D eigenvalue weighted by atomic mass is 10.1. The van der Waals surface area contributed by atoms with Crippen molar-refractivity contribution in [3.8, 4) is 22.6 Å². The Labute approximate surface area is 148 Å². The van der Waals surface area contributed by atoms with Crippen molar-refractivity contribution in [2.75, 3.05) is 24.2 Å². The molecule has 2 aromatic rings. The Hall–Kier alpha value is -3.64. The van der Waals surface area contributed by atoms with Gasteiger partial charge >= 0.3 is 12.1 Å². The zero-order valence-electron chi connectivity index (χ0n) is 14.0. The number of benzene rings is 1. The normalized spacial score (nSPS) is 10.2. The van der Waals surface area contributed by atoms with E-state index in [2.05, 4.69) is 9.97 Å². The van der Waals surface area contributed by atoms with E-state index in [1.54, 1.807) is 18.2 Å². The van der Waals surface area contributed by atoms with Gasteiger partial charge < -0.3 is 20.9 Å². The molecular formula is C14H18N8O4. The lowest BCUT2D eigenvalue weighted by molar-refractivity contribution is 0.253. The van der Waals surface area contributed by atoms with Crippen molar-refractivity contribution in [3.05, 3.63) is 24.4 Å². The molecule has 1 aromatic heterocycles. The fourth-order valence-electron chi connectivity index (χ4n) is 2.07. The van der Waals surface area contributed by atoms with Crippen LogP contribution in [0.4, 0.5) is 21.4 Å². The summed E-state index contributed by atoms with van der Waals surface area (Å²) in [6.45, 7) is 0. The van der Waals surface area contributed by atoms with E-state index in [0.29, 0.717) is 32.6 Å². The Morgan fingerprint density at radius 3 is 2.15 bits per heavy atom. The lowest BCUT2D eigenvalue weighted by Crippen LogP contribution is -2.45. The number of primary amides is 2. The molecule has 0 aliphatic rings. The van der Waals surface area contributed by atoms with E-state index in [1.807, 2.05) is 0 Å². The van der Waals surface area contributed by atoms with Gasteiger partial charge in [-0.25, -0.2) is 31.3 Å². The number of hydrazine groups is 2. The first kappa shape index (κ1) is 18.7. The minimum Gasteiger partial charge on any atom is -0.493 e. The van der Waals surface area contributed by atoms with Crippen LogP contribution in [0.3, 0.4) is 0 Å². The van der Waals surface area contributed by atoms with Gasteiger partial charge in [0.2, 0.25) is 0 Å². The molecule has 0 bridgehead atoms. The van der Waals surface area contributed by atoms with Crippen LogP contribution < -0.4 is 42.6 Å². The summed E-state index contributed by atoms with van der Waals surface area (Å²) >= 11 is 0. The topological polar surface area (TPSA) is 189 Å². The third-order valence-corrected chi connectivity index (χ3v) is 3.37. The summed E-state index contributed by atoms with van der Waals surface area (Å²) in [7, 11) is 2.97. The number of methoxy groups -OCH3 is 2. The summed E-state index contributed by atoms with van der Waals surface area (Å²) in [6, 6.07) is 2.96. The zero-order chi connectivity index (χ0) is 19.4. The van der Waals surface area contributed by atoms with Crippen molar-refractivity contribution in [1.29, 1.82) is 0 Å². The smallest absolute Gasteiger partial charge is 0.336 e. The predicted molar refractivity (Wildman–Crippen MR) is 93.1 cm³/mol. The number of carbonyl (C=O) groups is 2. The Bertz CT molecular complexity index is 844. The number of nitrogens with zero attached hydrogens (tertiary/aromatic N) is 4. The molecule has 0 saturated heterocycles. The summed E-state index contributed by atoms with van der Waals surface area (Å²) < 4.78 is 10.4. The summed E-state index contributed by atoms with van der Waals surface area (Å²) in [6.07, 6.45) is 1.31. The van der Waals surface area contributed by atoms with Gasteiger partial charge in [0.1, 0.15) is 0 Å². The Balaban J connectivity index is 2.64. The summed E-state index contributed by atoms with van der Waals surface area (Å²) in [4.78, 5) is 30.7. The summed E-state index contributed by atoms with van der Waals surface area (Å²) in [5, 5.41) is 1.09. The van der Waals surface area contributed by atoms with Gasteiger partial charge in [-0.15, -0.1) is 0 Å². The van der Waals surface area contributed by atoms with Gasteiger partial charge in [0.25, 0.3) is 5.95 Å². The van der Waals surface area contributed by atoms with Crippen molar-refractivity contribution >= 4 is 23.8 Å². The molecule has 0 spiro atoms. The van der Waals surface area contributed by atoms with Crippen LogP contribution in [0.1, 0.15) is 0 Å². The maximum absolute atomic E-state index is 11.5. The molecule has 0 radical (unpaired) electrons. The second-order valence-electron chi connectivity index (χ2n) is 4.89. The van der Waals surface area contributed by atoms with Crippen LogP contribution in [0, 0.1) is 0 Å². The fourth-order valence-corrected chi connectivity index (χ4v) is 2.07. The molecule has 0 fully saturated rings. The number of rotatable bonds is 5. The van der Waals surface area contributed by atoms with Gasteiger partial charge in [-0.05, 0) is 17.7 Å². The second-order valence-corrected chi connectivity index (χ2v) is 4.89. The molecule has 1 aromatic carbocycles. The van der Waals surface area contributed by atoms with E-state index < -0.39 is 12.1 Å². The Morgan fingerprint density at radius 1 is 1.00 bits per heavy atom. The highest BCUT2D eigenvalue weighted by atomic mass is 16.5. The van der Waals surface area contributed by atoms with Gasteiger partial charge in [-0.1, -0.05) is 6.07 Å². The molecule has 138 valence electrons. The lowest BCUT2D eigenvalue weighted by Gasteiger charge is -2.20. The van der Waals surface area contributed by atoms with Crippen LogP contribution in [0.25, 0.3) is 11.1 Å². The third kappa shape index (κ3) is 3.55. The molecule has 0 saturated carbocycles. The maximum atomic E-state index is 11.5. The highest BCUT2D eigenvalue weighted by Gasteiger charge is 2.21. The quantitative estimate of drug-likeness (QED) is 0.316. The van der Waals surface area contributed by atoms with Crippen molar-refractivity contribution in [2.24, 2.45) is 23.2 Å². The molecule has 0 atom stereocenters. The largest absolute Gasteiger partial charge is 0.493 e. The first-order valence-electron chi connectivity index (χ1n) is 7.08. The first-order chi connectivity index (χ1) is 12.3. The van der Waals surface area contributed by atoms with Crippen molar-refractivity contribution < 1.29 is 19.1 Å².